The molecule has 0 heterocycles. The first-order chi connectivity index (χ1) is 15.2. The summed E-state index contributed by atoms with van der Waals surface area (Å²) >= 11 is 0. The molecule has 218 valence electrons. The second-order valence-electron chi connectivity index (χ2n) is 6.03. The quantitative estimate of drug-likeness (QED) is 0.252. The van der Waals surface area contributed by atoms with Crippen LogP contribution in [-0.2, 0) is 14.2 Å². The number of halogens is 21. The molecule has 0 fully saturated rings. The lowest BCUT2D eigenvalue weighted by atomic mass is 9.98. The third-order valence-corrected chi connectivity index (χ3v) is 3.52. The fourth-order valence-corrected chi connectivity index (χ4v) is 1.89. The molecule has 0 aliphatic rings. The fourth-order valence-electron chi connectivity index (χ4n) is 1.89. The van der Waals surface area contributed by atoms with E-state index >= 15 is 0 Å². The summed E-state index contributed by atoms with van der Waals surface area (Å²) < 4.78 is 277. The fraction of sp³-hybridized carbons (Fsp3) is 1.00. The Kier molecular flexibility index (Phi) is 8.61. The SMILES string of the molecule is CCOC(F)(C(F)(F)C(F)(F)OC(F)(F)F)C(F)(OC(F)(F)C(F)(F)C(F)(F)C(F)(F)F)C(F)(F)F. The van der Waals surface area contributed by atoms with Gasteiger partial charge >= 0.3 is 60.4 Å². The second kappa shape index (κ2) is 9.01. The van der Waals surface area contributed by atoms with Crippen molar-refractivity contribution in [2.45, 2.75) is 67.3 Å². The van der Waals surface area contributed by atoms with Gasteiger partial charge < -0.3 is 4.74 Å². The van der Waals surface area contributed by atoms with Crippen LogP contribution in [0, 0.1) is 0 Å². The molecule has 2 atom stereocenters. The van der Waals surface area contributed by atoms with Gasteiger partial charge in [0.15, 0.2) is 0 Å². The summed E-state index contributed by atoms with van der Waals surface area (Å²) in [5.41, 5.74) is 0. The van der Waals surface area contributed by atoms with Gasteiger partial charge in [-0.05, 0) is 6.92 Å². The summed E-state index contributed by atoms with van der Waals surface area (Å²) in [6, 6.07) is 0. The van der Waals surface area contributed by atoms with Crippen LogP contribution in [0.15, 0.2) is 0 Å². The zero-order valence-electron chi connectivity index (χ0n) is 15.9. The first-order valence-corrected chi connectivity index (χ1v) is 7.74. The molecule has 0 aliphatic carbocycles. The monoisotopic (exact) mass is 596 g/mol. The zero-order valence-corrected chi connectivity index (χ0v) is 15.9. The van der Waals surface area contributed by atoms with E-state index in [0.717, 1.165) is 0 Å². The van der Waals surface area contributed by atoms with Crippen molar-refractivity contribution in [3.05, 3.63) is 0 Å². The van der Waals surface area contributed by atoms with E-state index < -0.39 is 67.0 Å². The summed E-state index contributed by atoms with van der Waals surface area (Å²) in [6.07, 6.45) is -39.4. The van der Waals surface area contributed by atoms with Crippen LogP contribution < -0.4 is 0 Å². The van der Waals surface area contributed by atoms with E-state index in [-0.39, 0.29) is 6.92 Å². The average Bonchev–Trinajstić information content (AvgIpc) is 2.56. The molecule has 36 heavy (non-hydrogen) atoms. The van der Waals surface area contributed by atoms with Crippen LogP contribution in [0.3, 0.4) is 0 Å². The molecule has 0 aromatic carbocycles. The predicted octanol–water partition coefficient (Wildman–Crippen LogP) is 7.12. The van der Waals surface area contributed by atoms with Crippen molar-refractivity contribution < 1.29 is 106 Å². The van der Waals surface area contributed by atoms with E-state index in [0.29, 0.717) is 0 Å². The molecule has 0 aromatic heterocycles. The molecule has 0 aromatic rings. The summed E-state index contributed by atoms with van der Waals surface area (Å²) in [6.45, 7) is -2.46. The number of rotatable bonds is 10. The molecule has 0 rings (SSSR count). The van der Waals surface area contributed by atoms with Gasteiger partial charge in [-0.3, -0.25) is 4.74 Å². The molecule has 0 saturated carbocycles. The van der Waals surface area contributed by atoms with Crippen LogP contribution in [0.1, 0.15) is 6.92 Å². The van der Waals surface area contributed by atoms with Gasteiger partial charge in [0.25, 0.3) is 0 Å². The van der Waals surface area contributed by atoms with Crippen LogP contribution in [0.25, 0.3) is 0 Å². The van der Waals surface area contributed by atoms with Gasteiger partial charge in [-0.25, -0.2) is 4.74 Å². The van der Waals surface area contributed by atoms with Crippen molar-refractivity contribution in [1.82, 2.24) is 0 Å². The Morgan fingerprint density at radius 3 is 1.06 bits per heavy atom. The Balaban J connectivity index is 7.29. The third kappa shape index (κ3) is 5.34. The first-order valence-electron chi connectivity index (χ1n) is 7.74. The molecule has 0 N–H and O–H groups in total. The molecule has 0 amide bonds. The van der Waals surface area contributed by atoms with E-state index in [1.54, 1.807) is 0 Å². The number of ether oxygens (including phenoxy) is 3. The van der Waals surface area contributed by atoms with Gasteiger partial charge in [-0.1, -0.05) is 0 Å². The third-order valence-electron chi connectivity index (χ3n) is 3.52. The van der Waals surface area contributed by atoms with Gasteiger partial charge in [0.05, 0.1) is 0 Å². The molecule has 3 nitrogen and oxygen atoms in total. The lowest BCUT2D eigenvalue weighted by molar-refractivity contribution is -0.560. The van der Waals surface area contributed by atoms with Crippen molar-refractivity contribution in [1.29, 1.82) is 0 Å². The molecule has 0 radical (unpaired) electrons. The van der Waals surface area contributed by atoms with Crippen LogP contribution in [-0.4, -0.2) is 67.0 Å². The zero-order chi connectivity index (χ0) is 29.8. The van der Waals surface area contributed by atoms with Crippen molar-refractivity contribution in [3.8, 4) is 0 Å². The lowest BCUT2D eigenvalue weighted by Gasteiger charge is -2.46. The Labute approximate surface area is 182 Å². The highest BCUT2D eigenvalue weighted by Crippen LogP contribution is 2.62. The van der Waals surface area contributed by atoms with E-state index in [1.165, 1.54) is 9.47 Å². The molecule has 2 unspecified atom stereocenters. The maximum absolute atomic E-state index is 14.5. The summed E-state index contributed by atoms with van der Waals surface area (Å²) in [5.74, 6) is -41.2. The Morgan fingerprint density at radius 2 is 0.778 bits per heavy atom. The topological polar surface area (TPSA) is 27.7 Å². The molecule has 24 heteroatoms. The van der Waals surface area contributed by atoms with Crippen LogP contribution in [0.4, 0.5) is 92.2 Å². The van der Waals surface area contributed by atoms with Gasteiger partial charge in [0.2, 0.25) is 0 Å². The standard InChI is InChI=1S/C12H5F21O3/c1-2-34-6(19,5(17,18)11(29,30)36-12(31,32)33)7(20,9(24,25)26)35-10(27,28)4(15,16)3(13,14)8(21,22)23/h2H2,1H3. The maximum atomic E-state index is 14.5. The van der Waals surface area contributed by atoms with E-state index in [4.69, 9.17) is 0 Å². The van der Waals surface area contributed by atoms with Crippen molar-refractivity contribution in [2.24, 2.45) is 0 Å². The van der Waals surface area contributed by atoms with Crippen molar-refractivity contribution >= 4 is 0 Å². The highest BCUT2D eigenvalue weighted by atomic mass is 19.4. The predicted molar refractivity (Wildman–Crippen MR) is 64.4 cm³/mol. The van der Waals surface area contributed by atoms with E-state index in [2.05, 4.69) is 4.74 Å². The lowest BCUT2D eigenvalue weighted by Crippen LogP contribution is -2.75. The molecular weight excluding hydrogens is 591 g/mol. The minimum atomic E-state index is -8.46. The average molecular weight is 596 g/mol. The Morgan fingerprint density at radius 1 is 0.417 bits per heavy atom. The first kappa shape index (κ1) is 34.4. The number of alkyl halides is 21. The van der Waals surface area contributed by atoms with Gasteiger partial charge in [0.1, 0.15) is 0 Å². The molecule has 0 spiro atoms. The molecular formula is C12H5F21O3. The molecule has 0 bridgehead atoms. The van der Waals surface area contributed by atoms with E-state index in [1.807, 2.05) is 0 Å². The largest absolute Gasteiger partial charge is 0.527 e. The summed E-state index contributed by atoms with van der Waals surface area (Å²) in [5, 5.41) is 0. The summed E-state index contributed by atoms with van der Waals surface area (Å²) in [7, 11) is 0. The Hall–Kier alpha value is -1.59. The van der Waals surface area contributed by atoms with Gasteiger partial charge in [0, 0.05) is 6.61 Å². The number of hydrogen-bond donors (Lipinski definition) is 0. The van der Waals surface area contributed by atoms with Gasteiger partial charge in [-0.2, -0.15) is 79.0 Å². The van der Waals surface area contributed by atoms with Crippen molar-refractivity contribution in [2.75, 3.05) is 6.61 Å². The number of hydrogen-bond acceptors (Lipinski definition) is 3. The minimum absolute atomic E-state index is 0.0888. The smallest absolute Gasteiger partial charge is 0.337 e. The van der Waals surface area contributed by atoms with Crippen LogP contribution in [0.2, 0.25) is 0 Å². The highest BCUT2D eigenvalue weighted by Gasteiger charge is 2.92. The second-order valence-corrected chi connectivity index (χ2v) is 6.03. The Bertz CT molecular complexity index is 766. The van der Waals surface area contributed by atoms with Crippen LogP contribution >= 0.6 is 0 Å². The maximum Gasteiger partial charge on any atom is 0.527 e. The molecule has 0 saturated heterocycles. The highest BCUT2D eigenvalue weighted by molar-refractivity contribution is 5.08. The molecule has 0 aliphatic heterocycles. The van der Waals surface area contributed by atoms with Crippen molar-refractivity contribution in [3.63, 3.8) is 0 Å². The normalized spacial score (nSPS) is 19.2. The minimum Gasteiger partial charge on any atom is -0.337 e. The van der Waals surface area contributed by atoms with Gasteiger partial charge in [-0.15, -0.1) is 13.2 Å². The summed E-state index contributed by atoms with van der Waals surface area (Å²) in [4.78, 5) is 0. The van der Waals surface area contributed by atoms with Crippen LogP contribution in [0.5, 0.6) is 0 Å². The van der Waals surface area contributed by atoms with E-state index in [9.17, 15) is 92.2 Å².